The minimum atomic E-state index is -0.251. The van der Waals surface area contributed by atoms with Gasteiger partial charge in [0.2, 0.25) is 0 Å². The lowest BCUT2D eigenvalue weighted by atomic mass is 10.1. The normalized spacial score (nSPS) is 21.3. The Morgan fingerprint density at radius 1 is 1.53 bits per heavy atom. The summed E-state index contributed by atoms with van der Waals surface area (Å²) in [6.07, 6.45) is 0.895. The van der Waals surface area contributed by atoms with Crippen LogP contribution >= 0.6 is 11.8 Å². The highest BCUT2D eigenvalue weighted by molar-refractivity contribution is 8.00. The lowest BCUT2D eigenvalue weighted by molar-refractivity contribution is 0.191. The van der Waals surface area contributed by atoms with E-state index in [-0.39, 0.29) is 6.10 Å². The van der Waals surface area contributed by atoms with Crippen molar-refractivity contribution in [2.75, 3.05) is 13.1 Å². The maximum atomic E-state index is 9.13. The molecule has 2 nitrogen and oxygen atoms in total. The fourth-order valence-electron chi connectivity index (χ4n) is 1.82. The Bertz CT molecular complexity index is 302. The summed E-state index contributed by atoms with van der Waals surface area (Å²) in [6.45, 7) is 3.47. The van der Waals surface area contributed by atoms with Gasteiger partial charge in [-0.2, -0.15) is 0 Å². The van der Waals surface area contributed by atoms with Gasteiger partial charge in [-0.1, -0.05) is 18.2 Å². The zero-order valence-corrected chi connectivity index (χ0v) is 9.76. The Morgan fingerprint density at radius 3 is 3.07 bits per heavy atom. The number of fused-ring (bicyclic) bond motifs is 1. The summed E-state index contributed by atoms with van der Waals surface area (Å²) in [5, 5.41) is 13.0. The molecule has 2 N–H and O–H groups in total. The summed E-state index contributed by atoms with van der Waals surface area (Å²) in [7, 11) is 0. The van der Waals surface area contributed by atoms with Gasteiger partial charge in [-0.25, -0.2) is 0 Å². The van der Waals surface area contributed by atoms with E-state index < -0.39 is 0 Å². The number of hydrogen-bond donors (Lipinski definition) is 2. The lowest BCUT2D eigenvalue weighted by Crippen LogP contribution is -2.30. The summed E-state index contributed by atoms with van der Waals surface area (Å²) in [5.41, 5.74) is 1.46. The van der Waals surface area contributed by atoms with Crippen LogP contribution in [0, 0.1) is 0 Å². The second-order valence-corrected chi connectivity index (χ2v) is 5.40. The Labute approximate surface area is 95.1 Å². The number of nitrogens with one attached hydrogen (secondary N) is 1. The van der Waals surface area contributed by atoms with Crippen LogP contribution in [0.1, 0.15) is 12.5 Å². The predicted octanol–water partition coefficient (Wildman–Crippen LogP) is 1.67. The van der Waals surface area contributed by atoms with E-state index in [0.29, 0.717) is 11.8 Å². The molecule has 0 amide bonds. The van der Waals surface area contributed by atoms with Crippen LogP contribution in [0.5, 0.6) is 0 Å². The van der Waals surface area contributed by atoms with E-state index in [9.17, 15) is 0 Å². The van der Waals surface area contributed by atoms with Crippen LogP contribution in [-0.2, 0) is 6.42 Å². The van der Waals surface area contributed by atoms with Crippen molar-refractivity contribution < 1.29 is 5.11 Å². The zero-order chi connectivity index (χ0) is 10.7. The summed E-state index contributed by atoms with van der Waals surface area (Å²) in [5.74, 6) is 0. The SMILES string of the molecule is CC(O)CNCC1Cc2ccccc2S1. The number of hydrogen-bond acceptors (Lipinski definition) is 3. The fourth-order valence-corrected chi connectivity index (χ4v) is 3.10. The van der Waals surface area contributed by atoms with E-state index in [4.69, 9.17) is 5.11 Å². The highest BCUT2D eigenvalue weighted by Crippen LogP contribution is 2.36. The van der Waals surface area contributed by atoms with Gasteiger partial charge < -0.3 is 10.4 Å². The molecule has 1 heterocycles. The van der Waals surface area contributed by atoms with Crippen molar-refractivity contribution in [2.24, 2.45) is 0 Å². The summed E-state index contributed by atoms with van der Waals surface area (Å²) in [4.78, 5) is 1.42. The van der Waals surface area contributed by atoms with Crippen LogP contribution in [0.4, 0.5) is 0 Å². The van der Waals surface area contributed by atoms with Crippen molar-refractivity contribution >= 4 is 11.8 Å². The molecule has 0 saturated carbocycles. The average Bonchev–Trinajstić information content (AvgIpc) is 2.59. The molecule has 2 unspecified atom stereocenters. The smallest absolute Gasteiger partial charge is 0.0636 e. The zero-order valence-electron chi connectivity index (χ0n) is 8.94. The van der Waals surface area contributed by atoms with Crippen LogP contribution in [0.2, 0.25) is 0 Å². The molecular formula is C12H17NOS. The number of rotatable bonds is 4. The largest absolute Gasteiger partial charge is 0.392 e. The molecule has 2 rings (SSSR count). The fraction of sp³-hybridized carbons (Fsp3) is 0.500. The van der Waals surface area contributed by atoms with Crippen molar-refractivity contribution in [3.63, 3.8) is 0 Å². The van der Waals surface area contributed by atoms with Crippen molar-refractivity contribution in [2.45, 2.75) is 29.6 Å². The first-order valence-corrected chi connectivity index (χ1v) is 6.27. The van der Waals surface area contributed by atoms with E-state index in [0.717, 1.165) is 13.0 Å². The molecule has 82 valence electrons. The Hall–Kier alpha value is -0.510. The molecule has 0 saturated heterocycles. The van der Waals surface area contributed by atoms with Crippen LogP contribution in [0.25, 0.3) is 0 Å². The summed E-state index contributed by atoms with van der Waals surface area (Å²) in [6, 6.07) is 8.59. The van der Waals surface area contributed by atoms with E-state index in [2.05, 4.69) is 29.6 Å². The highest BCUT2D eigenvalue weighted by atomic mass is 32.2. The molecule has 1 aliphatic rings. The quantitative estimate of drug-likeness (QED) is 0.814. The van der Waals surface area contributed by atoms with E-state index in [1.165, 1.54) is 10.5 Å². The first-order chi connectivity index (χ1) is 7.25. The molecule has 0 aromatic heterocycles. The van der Waals surface area contributed by atoms with E-state index in [1.807, 2.05) is 18.7 Å². The number of aliphatic hydroxyl groups excluding tert-OH is 1. The van der Waals surface area contributed by atoms with Crippen LogP contribution in [0.3, 0.4) is 0 Å². The molecule has 1 aromatic carbocycles. The Morgan fingerprint density at radius 2 is 2.33 bits per heavy atom. The molecule has 15 heavy (non-hydrogen) atoms. The van der Waals surface area contributed by atoms with Gasteiger partial charge in [-0.15, -0.1) is 11.8 Å². The van der Waals surface area contributed by atoms with Crippen LogP contribution in [-0.4, -0.2) is 29.5 Å². The predicted molar refractivity (Wildman–Crippen MR) is 64.3 cm³/mol. The maximum absolute atomic E-state index is 9.13. The second kappa shape index (κ2) is 5.01. The van der Waals surface area contributed by atoms with E-state index >= 15 is 0 Å². The van der Waals surface area contributed by atoms with Gasteiger partial charge in [0.05, 0.1) is 6.10 Å². The third-order valence-corrected chi connectivity index (χ3v) is 3.84. The second-order valence-electron chi connectivity index (χ2n) is 4.06. The first-order valence-electron chi connectivity index (χ1n) is 5.39. The van der Waals surface area contributed by atoms with Gasteiger partial charge in [-0.05, 0) is 25.0 Å². The van der Waals surface area contributed by atoms with E-state index in [1.54, 1.807) is 0 Å². The van der Waals surface area contributed by atoms with Crippen molar-refractivity contribution in [1.29, 1.82) is 0 Å². The Kier molecular flexibility index (Phi) is 3.67. The molecule has 2 atom stereocenters. The number of thioether (sulfide) groups is 1. The van der Waals surface area contributed by atoms with Gasteiger partial charge in [0, 0.05) is 23.2 Å². The molecule has 1 aromatic rings. The standard InChI is InChI=1S/C12H17NOS/c1-9(14)7-13-8-11-6-10-4-2-3-5-12(10)15-11/h2-5,9,11,13-14H,6-8H2,1H3. The maximum Gasteiger partial charge on any atom is 0.0636 e. The lowest BCUT2D eigenvalue weighted by Gasteiger charge is -2.11. The van der Waals surface area contributed by atoms with Crippen molar-refractivity contribution in [3.8, 4) is 0 Å². The minimum absolute atomic E-state index is 0.251. The van der Waals surface area contributed by atoms with Crippen LogP contribution in [0.15, 0.2) is 29.2 Å². The molecular weight excluding hydrogens is 206 g/mol. The van der Waals surface area contributed by atoms with Crippen molar-refractivity contribution in [3.05, 3.63) is 29.8 Å². The summed E-state index contributed by atoms with van der Waals surface area (Å²) < 4.78 is 0. The van der Waals surface area contributed by atoms with Gasteiger partial charge in [0.1, 0.15) is 0 Å². The minimum Gasteiger partial charge on any atom is -0.392 e. The van der Waals surface area contributed by atoms with Crippen molar-refractivity contribution in [1.82, 2.24) is 5.32 Å². The first kappa shape index (κ1) is 11.0. The Balaban J connectivity index is 1.80. The van der Waals surface area contributed by atoms with Crippen LogP contribution < -0.4 is 5.32 Å². The van der Waals surface area contributed by atoms with Gasteiger partial charge >= 0.3 is 0 Å². The molecule has 0 bridgehead atoms. The highest BCUT2D eigenvalue weighted by Gasteiger charge is 2.20. The topological polar surface area (TPSA) is 32.3 Å². The monoisotopic (exact) mass is 223 g/mol. The molecule has 3 heteroatoms. The van der Waals surface area contributed by atoms with Gasteiger partial charge in [0.15, 0.2) is 0 Å². The van der Waals surface area contributed by atoms with Gasteiger partial charge in [0.25, 0.3) is 0 Å². The molecule has 0 spiro atoms. The summed E-state index contributed by atoms with van der Waals surface area (Å²) >= 11 is 1.94. The molecule has 0 aliphatic carbocycles. The molecule has 1 aliphatic heterocycles. The third kappa shape index (κ3) is 2.97. The number of aliphatic hydroxyl groups is 1. The number of benzene rings is 1. The molecule has 0 fully saturated rings. The average molecular weight is 223 g/mol. The third-order valence-electron chi connectivity index (χ3n) is 2.53. The van der Waals surface area contributed by atoms with Gasteiger partial charge in [-0.3, -0.25) is 0 Å². The molecule has 0 radical (unpaired) electrons.